The third-order valence-corrected chi connectivity index (χ3v) is 4.38. The predicted molar refractivity (Wildman–Crippen MR) is 69.4 cm³/mol. The first-order valence-electron chi connectivity index (χ1n) is 6.87. The third-order valence-electron chi connectivity index (χ3n) is 4.38. The van der Waals surface area contributed by atoms with E-state index in [0.717, 1.165) is 6.20 Å². The molecule has 1 N–H and O–H groups in total. The second kappa shape index (κ2) is 5.05. The number of hydrogen-bond acceptors (Lipinski definition) is 3. The van der Waals surface area contributed by atoms with E-state index in [1.54, 1.807) is 0 Å². The lowest BCUT2D eigenvalue weighted by Gasteiger charge is -2.38. The zero-order valence-corrected chi connectivity index (χ0v) is 11.4. The molecule has 3 rings (SSSR count). The van der Waals surface area contributed by atoms with E-state index in [-0.39, 0.29) is 16.9 Å². The van der Waals surface area contributed by atoms with Crippen molar-refractivity contribution in [3.63, 3.8) is 0 Å². The van der Waals surface area contributed by atoms with Crippen molar-refractivity contribution in [2.75, 3.05) is 19.6 Å². The van der Waals surface area contributed by atoms with E-state index in [4.69, 9.17) is 0 Å². The van der Waals surface area contributed by atoms with Gasteiger partial charge in [0.2, 0.25) is 11.9 Å². The van der Waals surface area contributed by atoms with Crippen molar-refractivity contribution in [1.82, 2.24) is 15.2 Å². The number of piperidine rings is 1. The van der Waals surface area contributed by atoms with Crippen LogP contribution in [0.4, 0.5) is 8.78 Å². The van der Waals surface area contributed by atoms with Gasteiger partial charge >= 0.3 is 0 Å². The highest BCUT2D eigenvalue weighted by Crippen LogP contribution is 2.37. The van der Waals surface area contributed by atoms with Crippen molar-refractivity contribution >= 4 is 11.8 Å². The van der Waals surface area contributed by atoms with Gasteiger partial charge in [0.1, 0.15) is 0 Å². The number of rotatable bonds is 1. The van der Waals surface area contributed by atoms with Crippen LogP contribution in [0.3, 0.4) is 0 Å². The van der Waals surface area contributed by atoms with E-state index in [9.17, 15) is 18.4 Å². The van der Waals surface area contributed by atoms with Crippen molar-refractivity contribution < 1.29 is 18.4 Å². The Labute approximate surface area is 120 Å². The number of aromatic nitrogens is 1. The molecule has 0 saturated carbocycles. The Balaban J connectivity index is 1.71. The Hall–Kier alpha value is -2.05. The number of carbonyl (C=O) groups excluding carboxylic acids is 2. The van der Waals surface area contributed by atoms with Gasteiger partial charge in [-0.05, 0) is 24.3 Å². The predicted octanol–water partition coefficient (Wildman–Crippen LogP) is 1.10. The molecule has 0 aromatic carbocycles. The highest BCUT2D eigenvalue weighted by atomic mass is 19.2. The van der Waals surface area contributed by atoms with Gasteiger partial charge in [0, 0.05) is 32.3 Å². The summed E-state index contributed by atoms with van der Waals surface area (Å²) in [5.74, 6) is -2.96. The van der Waals surface area contributed by atoms with Crippen LogP contribution in [-0.2, 0) is 4.79 Å². The molecular weight excluding hydrogens is 280 g/mol. The molecule has 1 aromatic heterocycles. The summed E-state index contributed by atoms with van der Waals surface area (Å²) >= 11 is 0. The van der Waals surface area contributed by atoms with Crippen molar-refractivity contribution in [3.8, 4) is 0 Å². The fraction of sp³-hybridized carbons (Fsp3) is 0.500. The summed E-state index contributed by atoms with van der Waals surface area (Å²) in [5, 5.41) is 2.81. The number of pyridine rings is 1. The summed E-state index contributed by atoms with van der Waals surface area (Å²) < 4.78 is 26.7. The molecule has 0 radical (unpaired) electrons. The molecule has 1 aromatic rings. The highest BCUT2D eigenvalue weighted by Gasteiger charge is 2.42. The van der Waals surface area contributed by atoms with Crippen LogP contribution in [0.2, 0.25) is 0 Å². The highest BCUT2D eigenvalue weighted by molar-refractivity contribution is 5.94. The summed E-state index contributed by atoms with van der Waals surface area (Å²) in [6.45, 7) is 1.51. The zero-order chi connectivity index (χ0) is 15.0. The molecule has 2 aliphatic rings. The quantitative estimate of drug-likeness (QED) is 0.789. The minimum absolute atomic E-state index is 0.0389. The molecule has 2 saturated heterocycles. The fourth-order valence-corrected chi connectivity index (χ4v) is 3.04. The van der Waals surface area contributed by atoms with Gasteiger partial charge in [0.05, 0.1) is 5.56 Å². The van der Waals surface area contributed by atoms with Crippen LogP contribution in [-0.4, -0.2) is 41.3 Å². The van der Waals surface area contributed by atoms with E-state index < -0.39 is 17.7 Å². The second-order valence-electron chi connectivity index (χ2n) is 5.71. The molecule has 21 heavy (non-hydrogen) atoms. The van der Waals surface area contributed by atoms with E-state index in [1.807, 2.05) is 0 Å². The summed E-state index contributed by atoms with van der Waals surface area (Å²) in [7, 11) is 0. The van der Waals surface area contributed by atoms with Gasteiger partial charge in [-0.2, -0.15) is 4.39 Å². The van der Waals surface area contributed by atoms with E-state index in [0.29, 0.717) is 38.9 Å². The van der Waals surface area contributed by atoms with Gasteiger partial charge in [-0.1, -0.05) is 0 Å². The van der Waals surface area contributed by atoms with E-state index in [1.165, 1.54) is 11.0 Å². The monoisotopic (exact) mass is 295 g/mol. The van der Waals surface area contributed by atoms with Gasteiger partial charge in [0.15, 0.2) is 5.82 Å². The molecule has 5 nitrogen and oxygen atoms in total. The standard InChI is InChI=1S/C14H15F2N3O2/c15-11-9(1-4-17-12(11)16)13(21)19-5-2-14(3-6-19)7-10(20)18-8-14/h1,4H,2-3,5-8H2,(H,18,20). The van der Waals surface area contributed by atoms with Gasteiger partial charge in [-0.3, -0.25) is 9.59 Å². The second-order valence-corrected chi connectivity index (χ2v) is 5.71. The number of amides is 2. The van der Waals surface area contributed by atoms with Crippen LogP contribution in [0.5, 0.6) is 0 Å². The molecule has 0 aliphatic carbocycles. The lowest BCUT2D eigenvalue weighted by molar-refractivity contribution is -0.119. The lowest BCUT2D eigenvalue weighted by Crippen LogP contribution is -2.44. The minimum Gasteiger partial charge on any atom is -0.356 e. The number of carbonyl (C=O) groups is 2. The van der Waals surface area contributed by atoms with Gasteiger partial charge in [-0.25, -0.2) is 9.37 Å². The average Bonchev–Trinajstić information content (AvgIpc) is 2.83. The Morgan fingerprint density at radius 3 is 2.67 bits per heavy atom. The largest absolute Gasteiger partial charge is 0.356 e. The first kappa shape index (κ1) is 13.9. The lowest BCUT2D eigenvalue weighted by atomic mass is 9.77. The summed E-state index contributed by atoms with van der Waals surface area (Å²) in [6, 6.07) is 1.19. The molecule has 7 heteroatoms. The number of hydrogen-bond donors (Lipinski definition) is 1. The molecule has 1 spiro atoms. The summed E-state index contributed by atoms with van der Waals surface area (Å²) in [6.07, 6.45) is 2.93. The molecule has 0 unspecified atom stereocenters. The van der Waals surface area contributed by atoms with Crippen molar-refractivity contribution in [2.24, 2.45) is 5.41 Å². The van der Waals surface area contributed by atoms with Crippen LogP contribution in [0, 0.1) is 17.2 Å². The summed E-state index contributed by atoms with van der Waals surface area (Å²) in [5.41, 5.74) is -0.380. The topological polar surface area (TPSA) is 62.3 Å². The van der Waals surface area contributed by atoms with Crippen LogP contribution in [0.25, 0.3) is 0 Å². The van der Waals surface area contributed by atoms with Crippen LogP contribution < -0.4 is 5.32 Å². The third kappa shape index (κ3) is 2.48. The minimum atomic E-state index is -1.26. The molecule has 2 amide bonds. The van der Waals surface area contributed by atoms with Gasteiger partial charge in [0.25, 0.3) is 5.91 Å². The number of nitrogens with zero attached hydrogens (tertiary/aromatic N) is 2. The van der Waals surface area contributed by atoms with E-state index >= 15 is 0 Å². The van der Waals surface area contributed by atoms with Gasteiger partial charge < -0.3 is 10.2 Å². The van der Waals surface area contributed by atoms with Crippen LogP contribution in [0.1, 0.15) is 29.6 Å². The molecule has 3 heterocycles. The van der Waals surface area contributed by atoms with Crippen LogP contribution >= 0.6 is 0 Å². The molecule has 0 bridgehead atoms. The number of halogens is 2. The maximum absolute atomic E-state index is 13.6. The molecule has 2 aliphatic heterocycles. The number of nitrogens with one attached hydrogen (secondary N) is 1. The van der Waals surface area contributed by atoms with Crippen LogP contribution in [0.15, 0.2) is 12.3 Å². The fourth-order valence-electron chi connectivity index (χ4n) is 3.04. The van der Waals surface area contributed by atoms with Crippen molar-refractivity contribution in [1.29, 1.82) is 0 Å². The maximum Gasteiger partial charge on any atom is 0.257 e. The van der Waals surface area contributed by atoms with Crippen molar-refractivity contribution in [3.05, 3.63) is 29.6 Å². The molecular formula is C14H15F2N3O2. The Morgan fingerprint density at radius 1 is 1.33 bits per heavy atom. The zero-order valence-electron chi connectivity index (χ0n) is 11.4. The van der Waals surface area contributed by atoms with Crippen molar-refractivity contribution in [2.45, 2.75) is 19.3 Å². The normalized spacial score (nSPS) is 20.7. The van der Waals surface area contributed by atoms with Gasteiger partial charge in [-0.15, -0.1) is 0 Å². The maximum atomic E-state index is 13.6. The molecule has 2 fully saturated rings. The first-order valence-corrected chi connectivity index (χ1v) is 6.87. The SMILES string of the molecule is O=C1CC2(CCN(C(=O)c3ccnc(F)c3F)CC2)CN1. The Morgan fingerprint density at radius 2 is 2.05 bits per heavy atom. The number of likely N-dealkylation sites (tertiary alicyclic amines) is 1. The Kier molecular flexibility index (Phi) is 3.35. The molecule has 0 atom stereocenters. The average molecular weight is 295 g/mol. The smallest absolute Gasteiger partial charge is 0.257 e. The summed E-state index contributed by atoms with van der Waals surface area (Å²) in [4.78, 5) is 28.3. The molecule has 112 valence electrons. The first-order chi connectivity index (χ1) is 10.0. The van der Waals surface area contributed by atoms with E-state index in [2.05, 4.69) is 10.3 Å². The Bertz CT molecular complexity index is 598.